The first-order valence-corrected chi connectivity index (χ1v) is 12.5. The van der Waals surface area contributed by atoms with E-state index in [1.54, 1.807) is 0 Å². The maximum absolute atomic E-state index is 12.0. The van der Waals surface area contributed by atoms with E-state index < -0.39 is 11.7 Å². The lowest BCUT2D eigenvalue weighted by Gasteiger charge is -2.20. The Morgan fingerprint density at radius 1 is 0.806 bits per heavy atom. The van der Waals surface area contributed by atoms with E-state index in [9.17, 15) is 4.79 Å². The summed E-state index contributed by atoms with van der Waals surface area (Å²) in [5, 5.41) is 7.39. The molecule has 0 heterocycles. The minimum absolute atomic E-state index is 0.0621. The molecule has 0 radical (unpaired) electrons. The lowest BCUT2D eigenvalue weighted by atomic mass is 9.93. The van der Waals surface area contributed by atoms with Crippen molar-refractivity contribution >= 4 is 27.6 Å². The van der Waals surface area contributed by atoms with E-state index in [1.807, 2.05) is 52.8 Å². The summed E-state index contributed by atoms with van der Waals surface area (Å²) in [5.41, 5.74) is 1.69. The van der Waals surface area contributed by atoms with Gasteiger partial charge in [0.1, 0.15) is 23.7 Å². The highest BCUT2D eigenvalue weighted by molar-refractivity contribution is 5.91. The summed E-state index contributed by atoms with van der Waals surface area (Å²) in [7, 11) is 0. The van der Waals surface area contributed by atoms with Gasteiger partial charge < -0.3 is 19.5 Å². The van der Waals surface area contributed by atoms with Crippen LogP contribution in [0.5, 0.6) is 11.5 Å². The van der Waals surface area contributed by atoms with Crippen LogP contribution in [-0.4, -0.2) is 30.9 Å². The Morgan fingerprint density at radius 2 is 1.36 bits per heavy atom. The zero-order valence-corrected chi connectivity index (χ0v) is 21.8. The number of carbonyl (C=O) groups excluding carboxylic acids is 1. The highest BCUT2D eigenvalue weighted by Crippen LogP contribution is 2.36. The van der Waals surface area contributed by atoms with Gasteiger partial charge in [-0.05, 0) is 68.3 Å². The van der Waals surface area contributed by atoms with Crippen LogP contribution in [0.4, 0.5) is 4.79 Å². The quantitative estimate of drug-likeness (QED) is 0.267. The van der Waals surface area contributed by atoms with E-state index in [0.717, 1.165) is 33.4 Å². The molecule has 0 aliphatic rings. The zero-order chi connectivity index (χ0) is 25.7. The van der Waals surface area contributed by atoms with Crippen LogP contribution < -0.4 is 14.8 Å². The summed E-state index contributed by atoms with van der Waals surface area (Å²) in [5.74, 6) is 1.68. The second-order valence-corrected chi connectivity index (χ2v) is 10.1. The van der Waals surface area contributed by atoms with Crippen LogP contribution in [0.25, 0.3) is 21.5 Å². The largest absolute Gasteiger partial charge is 0.491 e. The van der Waals surface area contributed by atoms with Crippen molar-refractivity contribution in [3.05, 3.63) is 83.9 Å². The molecule has 5 nitrogen and oxygen atoms in total. The van der Waals surface area contributed by atoms with Crippen molar-refractivity contribution < 1.29 is 19.0 Å². The second kappa shape index (κ2) is 10.9. The van der Waals surface area contributed by atoms with Gasteiger partial charge in [-0.3, -0.25) is 0 Å². The molecule has 4 aromatic rings. The van der Waals surface area contributed by atoms with Crippen molar-refractivity contribution in [2.45, 2.75) is 52.7 Å². The summed E-state index contributed by atoms with van der Waals surface area (Å²) in [4.78, 5) is 12.0. The Bertz CT molecular complexity index is 1350. The highest BCUT2D eigenvalue weighted by Gasteiger charge is 2.18. The minimum Gasteiger partial charge on any atom is -0.491 e. The van der Waals surface area contributed by atoms with E-state index in [0.29, 0.717) is 19.6 Å². The summed E-state index contributed by atoms with van der Waals surface area (Å²) in [6, 6.07) is 25.0. The van der Waals surface area contributed by atoms with Gasteiger partial charge in [-0.25, -0.2) is 4.79 Å². The molecule has 0 fully saturated rings. The lowest BCUT2D eigenvalue weighted by Crippen LogP contribution is -2.34. The topological polar surface area (TPSA) is 56.8 Å². The van der Waals surface area contributed by atoms with Crippen molar-refractivity contribution in [1.29, 1.82) is 0 Å². The number of alkyl carbamates (subject to hydrolysis) is 1. The smallest absolute Gasteiger partial charge is 0.407 e. The Balaban J connectivity index is 1.66. The molecule has 1 amide bonds. The second-order valence-electron chi connectivity index (χ2n) is 10.1. The molecule has 0 aliphatic heterocycles. The number of fused-ring (bicyclic) bond motifs is 2. The number of benzene rings is 4. The van der Waals surface area contributed by atoms with Gasteiger partial charge in [0.25, 0.3) is 0 Å². The Kier molecular flexibility index (Phi) is 7.68. The van der Waals surface area contributed by atoms with Crippen LogP contribution in [0.3, 0.4) is 0 Å². The van der Waals surface area contributed by atoms with Crippen LogP contribution >= 0.6 is 0 Å². The van der Waals surface area contributed by atoms with Crippen LogP contribution in [-0.2, 0) is 11.2 Å². The fourth-order valence-electron chi connectivity index (χ4n) is 4.30. The molecule has 5 heteroatoms. The van der Waals surface area contributed by atoms with E-state index >= 15 is 0 Å². The Labute approximate surface area is 213 Å². The first-order chi connectivity index (χ1) is 17.2. The molecule has 0 aromatic heterocycles. The molecule has 4 aromatic carbocycles. The lowest BCUT2D eigenvalue weighted by molar-refractivity contribution is 0.0520. The molecule has 0 unspecified atom stereocenters. The molecular formula is C31H35NO4. The number of hydrogen-bond donors (Lipinski definition) is 1. The van der Waals surface area contributed by atoms with Gasteiger partial charge in [-0.15, -0.1) is 0 Å². The SMILES string of the molecule is CC(C)Oc1ccc2ccccc2c1Cc1c(OCCNC(=O)OC(C)(C)C)ccc2ccccc12. The molecule has 1 N–H and O–H groups in total. The highest BCUT2D eigenvalue weighted by atomic mass is 16.6. The maximum atomic E-state index is 12.0. The minimum atomic E-state index is -0.537. The Morgan fingerprint density at radius 3 is 1.94 bits per heavy atom. The van der Waals surface area contributed by atoms with E-state index in [-0.39, 0.29) is 6.10 Å². The van der Waals surface area contributed by atoms with Crippen LogP contribution in [0.15, 0.2) is 72.8 Å². The molecule has 0 saturated heterocycles. The standard InChI is InChI=1S/C31H35NO4/c1-21(2)35-29-17-15-23-11-7-9-13-25(23)27(29)20-26-24-12-8-6-10-22(24)14-16-28(26)34-19-18-32-30(33)36-31(3,4)5/h6-17,21H,18-20H2,1-5H3,(H,32,33). The third-order valence-corrected chi connectivity index (χ3v) is 5.74. The fourth-order valence-corrected chi connectivity index (χ4v) is 4.30. The van der Waals surface area contributed by atoms with Crippen LogP contribution in [0, 0.1) is 0 Å². The molecule has 0 atom stereocenters. The summed E-state index contributed by atoms with van der Waals surface area (Å²) < 4.78 is 17.8. The van der Waals surface area contributed by atoms with E-state index in [2.05, 4.69) is 59.9 Å². The van der Waals surface area contributed by atoms with Crippen LogP contribution in [0.1, 0.15) is 45.7 Å². The van der Waals surface area contributed by atoms with E-state index in [4.69, 9.17) is 14.2 Å². The number of nitrogens with one attached hydrogen (secondary N) is 1. The van der Waals surface area contributed by atoms with Gasteiger partial charge in [0.15, 0.2) is 0 Å². The molecule has 188 valence electrons. The molecular weight excluding hydrogens is 450 g/mol. The molecule has 0 spiro atoms. The average Bonchev–Trinajstić information content (AvgIpc) is 2.82. The average molecular weight is 486 g/mol. The van der Waals surface area contributed by atoms with Crippen LogP contribution in [0.2, 0.25) is 0 Å². The van der Waals surface area contributed by atoms with Crippen molar-refractivity contribution in [3.63, 3.8) is 0 Å². The predicted octanol–water partition coefficient (Wildman–Crippen LogP) is 7.27. The number of hydrogen-bond acceptors (Lipinski definition) is 4. The van der Waals surface area contributed by atoms with Gasteiger partial charge in [0.2, 0.25) is 0 Å². The van der Waals surface area contributed by atoms with E-state index in [1.165, 1.54) is 10.8 Å². The number of carbonyl (C=O) groups is 1. The van der Waals surface area contributed by atoms with Gasteiger partial charge in [-0.2, -0.15) is 0 Å². The third-order valence-electron chi connectivity index (χ3n) is 5.74. The van der Waals surface area contributed by atoms with Crippen molar-refractivity contribution in [1.82, 2.24) is 5.32 Å². The fraction of sp³-hybridized carbons (Fsp3) is 0.323. The predicted molar refractivity (Wildman–Crippen MR) is 146 cm³/mol. The van der Waals surface area contributed by atoms with Gasteiger partial charge in [0.05, 0.1) is 12.6 Å². The summed E-state index contributed by atoms with van der Waals surface area (Å²) >= 11 is 0. The monoisotopic (exact) mass is 485 g/mol. The number of amides is 1. The van der Waals surface area contributed by atoms with Crippen molar-refractivity contribution in [3.8, 4) is 11.5 Å². The molecule has 0 saturated carbocycles. The molecule has 36 heavy (non-hydrogen) atoms. The van der Waals surface area contributed by atoms with Gasteiger partial charge >= 0.3 is 6.09 Å². The molecule has 0 bridgehead atoms. The maximum Gasteiger partial charge on any atom is 0.407 e. The van der Waals surface area contributed by atoms with Crippen molar-refractivity contribution in [2.75, 3.05) is 13.2 Å². The first-order valence-electron chi connectivity index (χ1n) is 12.5. The third kappa shape index (κ3) is 6.28. The summed E-state index contributed by atoms with van der Waals surface area (Å²) in [6.07, 6.45) is 0.266. The molecule has 4 rings (SSSR count). The zero-order valence-electron chi connectivity index (χ0n) is 21.8. The Hall–Kier alpha value is -3.73. The first kappa shape index (κ1) is 25.4. The van der Waals surface area contributed by atoms with Gasteiger partial charge in [0, 0.05) is 17.5 Å². The number of rotatable bonds is 8. The molecule has 0 aliphatic carbocycles. The summed E-state index contributed by atoms with van der Waals surface area (Å²) in [6.45, 7) is 10.3. The number of ether oxygens (including phenoxy) is 3. The normalized spacial score (nSPS) is 11.6. The van der Waals surface area contributed by atoms with Crippen molar-refractivity contribution in [2.24, 2.45) is 0 Å². The van der Waals surface area contributed by atoms with Gasteiger partial charge in [-0.1, -0.05) is 60.7 Å².